The van der Waals surface area contributed by atoms with Crippen molar-refractivity contribution in [2.24, 2.45) is 0 Å². The van der Waals surface area contributed by atoms with Crippen LogP contribution in [0.2, 0.25) is 5.02 Å². The normalized spacial score (nSPS) is 18.2. The van der Waals surface area contributed by atoms with Crippen molar-refractivity contribution in [3.8, 4) is 5.75 Å². The first kappa shape index (κ1) is 15.7. The lowest BCUT2D eigenvalue weighted by molar-refractivity contribution is 0.120. The van der Waals surface area contributed by atoms with Crippen LogP contribution in [0, 0.1) is 0 Å². The van der Waals surface area contributed by atoms with Crippen LogP contribution >= 0.6 is 39.9 Å². The highest BCUT2D eigenvalue weighted by molar-refractivity contribution is 9.10. The van der Waals surface area contributed by atoms with E-state index in [1.807, 2.05) is 31.3 Å². The van der Waals surface area contributed by atoms with Crippen molar-refractivity contribution in [3.63, 3.8) is 0 Å². The smallest absolute Gasteiger partial charge is 0.140 e. The van der Waals surface area contributed by atoms with E-state index < -0.39 is 0 Å². The van der Waals surface area contributed by atoms with Crippen molar-refractivity contribution < 1.29 is 9.15 Å². The fourth-order valence-corrected chi connectivity index (χ4v) is 2.80. The molecule has 1 aromatic carbocycles. The van der Waals surface area contributed by atoms with Crippen molar-refractivity contribution in [2.75, 3.05) is 13.6 Å². The van der Waals surface area contributed by atoms with Gasteiger partial charge in [0.25, 0.3) is 0 Å². The highest BCUT2D eigenvalue weighted by atomic mass is 79.9. The molecule has 3 nitrogen and oxygen atoms in total. The number of furan rings is 1. The summed E-state index contributed by atoms with van der Waals surface area (Å²) in [6.45, 7) is 1.63. The maximum atomic E-state index is 6.24. The topological polar surface area (TPSA) is 25.6 Å². The molecule has 6 heteroatoms. The molecule has 2 aromatic rings. The van der Waals surface area contributed by atoms with E-state index in [-0.39, 0.29) is 18.5 Å². The van der Waals surface area contributed by atoms with E-state index >= 15 is 0 Å². The van der Waals surface area contributed by atoms with Gasteiger partial charge in [-0.3, -0.25) is 4.90 Å². The Balaban J connectivity index is 0.00000147. The van der Waals surface area contributed by atoms with Gasteiger partial charge in [0.2, 0.25) is 0 Å². The van der Waals surface area contributed by atoms with Gasteiger partial charge in [-0.2, -0.15) is 0 Å². The van der Waals surface area contributed by atoms with E-state index in [4.69, 9.17) is 20.8 Å². The van der Waals surface area contributed by atoms with Crippen LogP contribution in [0.3, 0.4) is 0 Å². The van der Waals surface area contributed by atoms with Crippen LogP contribution in [0.1, 0.15) is 17.4 Å². The van der Waals surface area contributed by atoms with Gasteiger partial charge in [0.1, 0.15) is 17.6 Å². The minimum Gasteiger partial charge on any atom is -0.483 e. The van der Waals surface area contributed by atoms with Crippen molar-refractivity contribution >= 4 is 39.9 Å². The van der Waals surface area contributed by atoms with Gasteiger partial charge >= 0.3 is 0 Å². The van der Waals surface area contributed by atoms with Gasteiger partial charge in [0.05, 0.1) is 17.8 Å². The van der Waals surface area contributed by atoms with Crippen LogP contribution in [-0.2, 0) is 6.54 Å². The van der Waals surface area contributed by atoms with Crippen molar-refractivity contribution in [3.05, 3.63) is 51.3 Å². The molecule has 1 unspecified atom stereocenters. The van der Waals surface area contributed by atoms with Gasteiger partial charge in [-0.1, -0.05) is 17.7 Å². The summed E-state index contributed by atoms with van der Waals surface area (Å²) in [5.41, 5.74) is 1.11. The minimum absolute atomic E-state index is 0. The zero-order valence-corrected chi connectivity index (χ0v) is 14.0. The molecule has 1 aliphatic rings. The molecule has 0 bridgehead atoms. The molecule has 0 aliphatic carbocycles. The molecule has 0 N–H and O–H groups in total. The number of halogens is 3. The number of benzene rings is 1. The van der Waals surface area contributed by atoms with Crippen LogP contribution in [0.25, 0.3) is 0 Å². The Hall–Kier alpha value is -0.680. The maximum Gasteiger partial charge on any atom is 0.140 e. The van der Waals surface area contributed by atoms with Crippen LogP contribution in [0.15, 0.2) is 39.4 Å². The van der Waals surface area contributed by atoms with Crippen molar-refractivity contribution in [2.45, 2.75) is 12.6 Å². The summed E-state index contributed by atoms with van der Waals surface area (Å²) in [7, 11) is 2.05. The number of rotatable bonds is 2. The summed E-state index contributed by atoms with van der Waals surface area (Å²) in [4.78, 5) is 2.17. The molecule has 3 rings (SSSR count). The Morgan fingerprint density at radius 2 is 2.20 bits per heavy atom. The predicted molar refractivity (Wildman–Crippen MR) is 84.8 cm³/mol. The molecule has 1 aromatic heterocycles. The Labute approximate surface area is 137 Å². The van der Waals surface area contributed by atoms with E-state index in [2.05, 4.69) is 20.8 Å². The second-order valence-electron chi connectivity index (χ2n) is 4.65. The summed E-state index contributed by atoms with van der Waals surface area (Å²) in [6, 6.07) is 7.65. The van der Waals surface area contributed by atoms with Crippen molar-refractivity contribution in [1.29, 1.82) is 0 Å². The summed E-state index contributed by atoms with van der Waals surface area (Å²) >= 11 is 9.65. The third kappa shape index (κ3) is 2.98. The quantitative estimate of drug-likeness (QED) is 0.758. The Kier molecular flexibility index (Phi) is 5.02. The molecule has 0 saturated heterocycles. The summed E-state index contributed by atoms with van der Waals surface area (Å²) in [6.07, 6.45) is 1.65. The average Bonchev–Trinajstić information content (AvgIpc) is 2.83. The average molecular weight is 379 g/mol. The molecule has 0 fully saturated rings. The largest absolute Gasteiger partial charge is 0.483 e. The zero-order chi connectivity index (χ0) is 13.4. The first-order valence-corrected chi connectivity index (χ1v) is 7.17. The summed E-state index contributed by atoms with van der Waals surface area (Å²) in [5.74, 6) is 1.65. The third-order valence-corrected chi connectivity index (χ3v) is 4.48. The molecular weight excluding hydrogens is 365 g/mol. The molecule has 0 amide bonds. The van der Waals surface area contributed by atoms with Crippen LogP contribution < -0.4 is 4.74 Å². The lowest BCUT2D eigenvalue weighted by Crippen LogP contribution is -2.32. The molecule has 108 valence electrons. The first-order valence-electron chi connectivity index (χ1n) is 6.00. The fourth-order valence-electron chi connectivity index (χ4n) is 2.29. The van der Waals surface area contributed by atoms with E-state index in [9.17, 15) is 0 Å². The fraction of sp³-hybridized carbons (Fsp3) is 0.286. The number of hydrogen-bond donors (Lipinski definition) is 0. The van der Waals surface area contributed by atoms with Gasteiger partial charge in [0.15, 0.2) is 0 Å². The standard InChI is InChI=1S/C14H13BrClNO2.ClH/c1-17-7-12-9(5-6-18-12)13(8-17)19-11-4-2-3-10(15)14(11)16;/h2-6,13H,7-8H2,1H3;1H. The highest BCUT2D eigenvalue weighted by Gasteiger charge is 2.27. The Morgan fingerprint density at radius 3 is 3.00 bits per heavy atom. The summed E-state index contributed by atoms with van der Waals surface area (Å²) in [5, 5.41) is 0.598. The number of fused-ring (bicyclic) bond motifs is 1. The van der Waals surface area contributed by atoms with Gasteiger partial charge in [0, 0.05) is 16.6 Å². The van der Waals surface area contributed by atoms with Gasteiger partial charge in [-0.05, 0) is 41.2 Å². The zero-order valence-electron chi connectivity index (χ0n) is 10.8. The lowest BCUT2D eigenvalue weighted by Gasteiger charge is -2.29. The number of ether oxygens (including phenoxy) is 1. The van der Waals surface area contributed by atoms with Crippen LogP contribution in [0.5, 0.6) is 5.75 Å². The molecule has 0 radical (unpaired) electrons. The molecule has 20 heavy (non-hydrogen) atoms. The monoisotopic (exact) mass is 377 g/mol. The van der Waals surface area contributed by atoms with Crippen LogP contribution in [-0.4, -0.2) is 18.5 Å². The Bertz CT molecular complexity index is 603. The van der Waals surface area contributed by atoms with Crippen molar-refractivity contribution in [1.82, 2.24) is 4.90 Å². The molecular formula is C14H14BrCl2NO2. The minimum atomic E-state index is -0.0562. The SMILES string of the molecule is CN1Cc2occc2C(Oc2cccc(Br)c2Cl)C1.Cl. The van der Waals surface area contributed by atoms with E-state index in [0.29, 0.717) is 10.8 Å². The molecule has 0 spiro atoms. The summed E-state index contributed by atoms with van der Waals surface area (Å²) < 4.78 is 12.4. The molecule has 0 saturated carbocycles. The Morgan fingerprint density at radius 1 is 1.40 bits per heavy atom. The molecule has 1 aliphatic heterocycles. The van der Waals surface area contributed by atoms with Gasteiger partial charge < -0.3 is 9.15 Å². The second-order valence-corrected chi connectivity index (χ2v) is 5.89. The number of nitrogens with zero attached hydrogens (tertiary/aromatic N) is 1. The number of hydrogen-bond acceptors (Lipinski definition) is 3. The maximum absolute atomic E-state index is 6.24. The van der Waals surface area contributed by atoms with E-state index in [1.54, 1.807) is 6.26 Å². The van der Waals surface area contributed by atoms with Gasteiger partial charge in [-0.15, -0.1) is 12.4 Å². The lowest BCUT2D eigenvalue weighted by atomic mass is 10.1. The van der Waals surface area contributed by atoms with Gasteiger partial charge in [-0.25, -0.2) is 0 Å². The van der Waals surface area contributed by atoms with Crippen LogP contribution in [0.4, 0.5) is 0 Å². The molecule has 2 heterocycles. The molecule has 1 atom stereocenters. The number of likely N-dealkylation sites (N-methyl/N-ethyl adjacent to an activating group) is 1. The third-order valence-electron chi connectivity index (χ3n) is 3.20. The predicted octanol–water partition coefficient (Wildman–Crippen LogP) is 4.68. The van der Waals surface area contributed by atoms with E-state index in [0.717, 1.165) is 28.9 Å². The second kappa shape index (κ2) is 6.39. The highest BCUT2D eigenvalue weighted by Crippen LogP contribution is 2.37. The first-order chi connectivity index (χ1) is 9.15. The van der Waals surface area contributed by atoms with E-state index in [1.165, 1.54) is 0 Å².